The molecule has 0 heterocycles. The molecule has 0 N–H and O–H groups in total. The third-order valence-electron chi connectivity index (χ3n) is 1.14. The van der Waals surface area contributed by atoms with Crippen LogP contribution in [0.1, 0.15) is 12.8 Å². The molecule has 0 aromatic heterocycles. The highest BCUT2D eigenvalue weighted by Crippen LogP contribution is 2.40. The van der Waals surface area contributed by atoms with Gasteiger partial charge >= 0.3 is 18.3 Å². The molecule has 0 atom stereocenters. The van der Waals surface area contributed by atoms with Crippen molar-refractivity contribution in [2.75, 3.05) is 0 Å². The summed E-state index contributed by atoms with van der Waals surface area (Å²) in [6.45, 7) is 0. The zero-order chi connectivity index (χ0) is 10.9. The monoisotopic (exact) mass is 216 g/mol. The molecule has 0 aromatic carbocycles. The van der Waals surface area contributed by atoms with Crippen LogP contribution < -0.4 is 0 Å². The van der Waals surface area contributed by atoms with E-state index in [-0.39, 0.29) is 0 Å². The van der Waals surface area contributed by atoms with Crippen LogP contribution in [0, 0.1) is 0 Å². The van der Waals surface area contributed by atoms with Gasteiger partial charge in [-0.25, -0.2) is 0 Å². The number of hydrogen-bond donors (Lipinski definition) is 0. The van der Waals surface area contributed by atoms with Gasteiger partial charge in [-0.3, -0.25) is 0 Å². The molecule has 0 saturated heterocycles. The Morgan fingerprint density at radius 2 is 1.00 bits per heavy atom. The quantitative estimate of drug-likeness (QED) is 0.619. The van der Waals surface area contributed by atoms with Gasteiger partial charge in [0, 0.05) is 12.8 Å². The maximum Gasteiger partial charge on any atom is 0.453 e. The Bertz CT molecular complexity index is 162. The first-order valence-corrected chi connectivity index (χ1v) is 2.97. The van der Waals surface area contributed by atoms with Crippen molar-refractivity contribution < 1.29 is 35.1 Å². The van der Waals surface area contributed by atoms with Crippen molar-refractivity contribution in [3.05, 3.63) is 0 Å². The number of rotatable bonds is 2. The second kappa shape index (κ2) is 3.30. The summed E-state index contributed by atoms with van der Waals surface area (Å²) in [4.78, 5) is 0. The SMILES string of the molecule is FC(F)(F)CCC(F)(F)C(F)(F)F. The Labute approximate surface area is 67.5 Å². The molecule has 0 aliphatic carbocycles. The summed E-state index contributed by atoms with van der Waals surface area (Å²) < 4.78 is 91.4. The van der Waals surface area contributed by atoms with Crippen molar-refractivity contribution in [1.82, 2.24) is 0 Å². The van der Waals surface area contributed by atoms with Crippen molar-refractivity contribution >= 4 is 0 Å². The van der Waals surface area contributed by atoms with Crippen molar-refractivity contribution in [3.8, 4) is 0 Å². The fourth-order valence-corrected chi connectivity index (χ4v) is 0.440. The van der Waals surface area contributed by atoms with E-state index in [9.17, 15) is 35.1 Å². The molecule has 0 aromatic rings. The Morgan fingerprint density at radius 1 is 0.615 bits per heavy atom. The van der Waals surface area contributed by atoms with Gasteiger partial charge in [0.2, 0.25) is 0 Å². The van der Waals surface area contributed by atoms with E-state index in [4.69, 9.17) is 0 Å². The van der Waals surface area contributed by atoms with Gasteiger partial charge in [0.05, 0.1) is 0 Å². The predicted octanol–water partition coefficient (Wildman–Crippen LogP) is 3.53. The van der Waals surface area contributed by atoms with Crippen LogP contribution in [0.3, 0.4) is 0 Å². The van der Waals surface area contributed by atoms with Crippen LogP contribution in [-0.4, -0.2) is 18.3 Å². The molecule has 0 rings (SSSR count). The van der Waals surface area contributed by atoms with Gasteiger partial charge in [-0.1, -0.05) is 0 Å². The minimum Gasteiger partial charge on any atom is -0.196 e. The fourth-order valence-electron chi connectivity index (χ4n) is 0.440. The number of halogens is 8. The Morgan fingerprint density at radius 3 is 1.23 bits per heavy atom. The minimum atomic E-state index is -5.92. The molecule has 0 aliphatic rings. The van der Waals surface area contributed by atoms with Crippen LogP contribution in [-0.2, 0) is 0 Å². The highest BCUT2D eigenvalue weighted by Gasteiger charge is 2.57. The lowest BCUT2D eigenvalue weighted by molar-refractivity contribution is -0.290. The Kier molecular flexibility index (Phi) is 3.16. The van der Waals surface area contributed by atoms with E-state index in [0.29, 0.717) is 0 Å². The Balaban J connectivity index is 4.21. The standard InChI is InChI=1S/C5H4F8/c6-3(7,5(11,12)13)1-2-4(8,9)10/h1-2H2. The van der Waals surface area contributed by atoms with Gasteiger partial charge < -0.3 is 0 Å². The van der Waals surface area contributed by atoms with Crippen LogP contribution in [0.4, 0.5) is 35.1 Å². The molecule has 0 nitrogen and oxygen atoms in total. The number of hydrogen-bond acceptors (Lipinski definition) is 0. The smallest absolute Gasteiger partial charge is 0.196 e. The first-order valence-electron chi connectivity index (χ1n) is 2.97. The van der Waals surface area contributed by atoms with Gasteiger partial charge in [-0.2, -0.15) is 35.1 Å². The highest BCUT2D eigenvalue weighted by atomic mass is 19.4. The molecule has 0 bridgehead atoms. The molecule has 0 radical (unpaired) electrons. The highest BCUT2D eigenvalue weighted by molar-refractivity contribution is 4.76. The van der Waals surface area contributed by atoms with Crippen LogP contribution >= 0.6 is 0 Å². The fraction of sp³-hybridized carbons (Fsp3) is 1.00. The van der Waals surface area contributed by atoms with Gasteiger partial charge in [0.25, 0.3) is 0 Å². The third kappa shape index (κ3) is 4.28. The van der Waals surface area contributed by atoms with Gasteiger partial charge in [-0.05, 0) is 0 Å². The maximum absolute atomic E-state index is 11.8. The van der Waals surface area contributed by atoms with Crippen LogP contribution in [0.25, 0.3) is 0 Å². The summed E-state index contributed by atoms with van der Waals surface area (Å²) >= 11 is 0. The third-order valence-corrected chi connectivity index (χ3v) is 1.14. The molecule has 0 spiro atoms. The molecule has 0 fully saturated rings. The zero-order valence-corrected chi connectivity index (χ0v) is 5.94. The molecule has 0 unspecified atom stereocenters. The van der Waals surface area contributed by atoms with Gasteiger partial charge in [0.15, 0.2) is 0 Å². The largest absolute Gasteiger partial charge is 0.453 e. The average molecular weight is 216 g/mol. The van der Waals surface area contributed by atoms with Crippen molar-refractivity contribution in [2.24, 2.45) is 0 Å². The van der Waals surface area contributed by atoms with E-state index in [1.807, 2.05) is 0 Å². The van der Waals surface area contributed by atoms with Crippen molar-refractivity contribution in [2.45, 2.75) is 31.1 Å². The normalized spacial score (nSPS) is 14.8. The number of alkyl halides is 8. The lowest BCUT2D eigenvalue weighted by atomic mass is 10.2. The first-order chi connectivity index (χ1) is 5.46. The van der Waals surface area contributed by atoms with E-state index in [1.165, 1.54) is 0 Å². The average Bonchev–Trinajstić information content (AvgIpc) is 1.79. The van der Waals surface area contributed by atoms with Gasteiger partial charge in [-0.15, -0.1) is 0 Å². The maximum atomic E-state index is 11.8. The first kappa shape index (κ1) is 12.4. The van der Waals surface area contributed by atoms with E-state index >= 15 is 0 Å². The molecule has 13 heavy (non-hydrogen) atoms. The predicted molar refractivity (Wildman–Crippen MR) is 26.3 cm³/mol. The van der Waals surface area contributed by atoms with E-state index < -0.39 is 31.1 Å². The lowest BCUT2D eigenvalue weighted by Crippen LogP contribution is -2.37. The molecule has 0 aliphatic heterocycles. The lowest BCUT2D eigenvalue weighted by Gasteiger charge is -2.19. The van der Waals surface area contributed by atoms with Crippen molar-refractivity contribution in [1.29, 1.82) is 0 Å². The van der Waals surface area contributed by atoms with E-state index in [1.54, 1.807) is 0 Å². The topological polar surface area (TPSA) is 0 Å². The van der Waals surface area contributed by atoms with E-state index in [0.717, 1.165) is 0 Å². The summed E-state index contributed by atoms with van der Waals surface area (Å²) in [7, 11) is 0. The molecule has 0 amide bonds. The summed E-state index contributed by atoms with van der Waals surface area (Å²) in [5, 5.41) is 0. The minimum absolute atomic E-state index is 2.15. The second-order valence-electron chi connectivity index (χ2n) is 2.32. The Hall–Kier alpha value is -0.560. The van der Waals surface area contributed by atoms with Crippen LogP contribution in [0.5, 0.6) is 0 Å². The van der Waals surface area contributed by atoms with Crippen LogP contribution in [0.15, 0.2) is 0 Å². The molecule has 80 valence electrons. The molecule has 0 saturated carbocycles. The molecular weight excluding hydrogens is 212 g/mol. The zero-order valence-electron chi connectivity index (χ0n) is 5.94. The summed E-state index contributed by atoms with van der Waals surface area (Å²) in [5.41, 5.74) is 0. The summed E-state index contributed by atoms with van der Waals surface area (Å²) in [5.74, 6) is -5.28. The van der Waals surface area contributed by atoms with Crippen molar-refractivity contribution in [3.63, 3.8) is 0 Å². The second-order valence-corrected chi connectivity index (χ2v) is 2.32. The molecular formula is C5H4F8. The molecule has 8 heteroatoms. The summed E-state index contributed by atoms with van der Waals surface area (Å²) in [6.07, 6.45) is -15.3. The van der Waals surface area contributed by atoms with Crippen LogP contribution in [0.2, 0.25) is 0 Å². The van der Waals surface area contributed by atoms with Gasteiger partial charge in [0.1, 0.15) is 0 Å². The summed E-state index contributed by atoms with van der Waals surface area (Å²) in [6, 6.07) is 0. The van der Waals surface area contributed by atoms with E-state index in [2.05, 4.69) is 0 Å².